The molecule has 72 valence electrons. The van der Waals surface area contributed by atoms with Crippen molar-refractivity contribution in [3.63, 3.8) is 0 Å². The van der Waals surface area contributed by atoms with Crippen LogP contribution in [0, 0.1) is 10.8 Å². The van der Waals surface area contributed by atoms with Crippen molar-refractivity contribution in [2.24, 2.45) is 10.8 Å². The van der Waals surface area contributed by atoms with Gasteiger partial charge in [-0.15, -0.1) is 0 Å². The van der Waals surface area contributed by atoms with Crippen LogP contribution in [0.25, 0.3) is 0 Å². The van der Waals surface area contributed by atoms with Crippen molar-refractivity contribution >= 4 is 11.6 Å². The summed E-state index contributed by atoms with van der Waals surface area (Å²) >= 11 is 0. The fourth-order valence-corrected chi connectivity index (χ4v) is 1.70. The minimum absolute atomic E-state index is 0.150. The highest BCUT2D eigenvalue weighted by atomic mass is 16.3. The number of rotatable bonds is 0. The zero-order valence-electron chi connectivity index (χ0n) is 8.34. The summed E-state index contributed by atoms with van der Waals surface area (Å²) < 4.78 is 0. The van der Waals surface area contributed by atoms with Crippen LogP contribution in [0.1, 0.15) is 27.7 Å². The van der Waals surface area contributed by atoms with Gasteiger partial charge < -0.3 is 5.11 Å². The van der Waals surface area contributed by atoms with Crippen LogP contribution in [0.2, 0.25) is 0 Å². The smallest absolute Gasteiger partial charge is 0.209 e. The number of ketones is 2. The van der Waals surface area contributed by atoms with Crippen LogP contribution >= 0.6 is 0 Å². The molecule has 0 aromatic rings. The van der Waals surface area contributed by atoms with Gasteiger partial charge in [0.1, 0.15) is 0 Å². The van der Waals surface area contributed by atoms with Crippen molar-refractivity contribution in [2.45, 2.75) is 27.7 Å². The van der Waals surface area contributed by atoms with Crippen LogP contribution in [-0.4, -0.2) is 16.7 Å². The molecule has 1 N–H and O–H groups in total. The molecule has 1 aliphatic carbocycles. The van der Waals surface area contributed by atoms with Gasteiger partial charge in [-0.2, -0.15) is 0 Å². The molecule has 0 aromatic carbocycles. The van der Waals surface area contributed by atoms with E-state index in [1.165, 1.54) is 6.08 Å². The Morgan fingerprint density at radius 3 is 2.08 bits per heavy atom. The summed E-state index contributed by atoms with van der Waals surface area (Å²) in [4.78, 5) is 23.2. The molecule has 0 saturated heterocycles. The van der Waals surface area contributed by atoms with E-state index in [1.807, 2.05) is 0 Å². The third-order valence-electron chi connectivity index (χ3n) is 2.45. The number of aliphatic hydroxyl groups excluding tert-OH is 1. The maximum Gasteiger partial charge on any atom is 0.209 e. The number of carbonyl (C=O) groups excluding carboxylic acids is 2. The molecule has 0 aromatic heterocycles. The molecule has 0 heterocycles. The standard InChI is InChI=1S/C10H14O3/c1-9(2)5-6(11)7(12)10(3,4)8(9)13/h5,11H,1-4H3. The predicted octanol–water partition coefficient (Wildman–Crippen LogP) is 1.63. The summed E-state index contributed by atoms with van der Waals surface area (Å²) in [5.74, 6) is -0.936. The molecule has 0 radical (unpaired) electrons. The van der Waals surface area contributed by atoms with Gasteiger partial charge >= 0.3 is 0 Å². The Labute approximate surface area is 77.4 Å². The van der Waals surface area contributed by atoms with Gasteiger partial charge in [0.05, 0.1) is 5.41 Å². The third kappa shape index (κ3) is 1.28. The van der Waals surface area contributed by atoms with Crippen molar-refractivity contribution in [3.8, 4) is 0 Å². The van der Waals surface area contributed by atoms with Crippen molar-refractivity contribution in [2.75, 3.05) is 0 Å². The lowest BCUT2D eigenvalue weighted by atomic mass is 9.67. The molecule has 0 aliphatic heterocycles. The number of carbonyl (C=O) groups is 2. The van der Waals surface area contributed by atoms with Crippen LogP contribution in [0.4, 0.5) is 0 Å². The monoisotopic (exact) mass is 182 g/mol. The molecule has 0 unspecified atom stereocenters. The van der Waals surface area contributed by atoms with Crippen LogP contribution in [0.5, 0.6) is 0 Å². The van der Waals surface area contributed by atoms with Gasteiger partial charge in [-0.05, 0) is 33.8 Å². The second-order valence-electron chi connectivity index (χ2n) is 4.53. The van der Waals surface area contributed by atoms with E-state index in [4.69, 9.17) is 0 Å². The molecular weight excluding hydrogens is 168 g/mol. The van der Waals surface area contributed by atoms with Gasteiger partial charge in [0.15, 0.2) is 11.5 Å². The van der Waals surface area contributed by atoms with Crippen molar-refractivity contribution in [1.29, 1.82) is 0 Å². The summed E-state index contributed by atoms with van der Waals surface area (Å²) in [6.07, 6.45) is 1.32. The number of hydrogen-bond donors (Lipinski definition) is 1. The van der Waals surface area contributed by atoms with Crippen molar-refractivity contribution in [1.82, 2.24) is 0 Å². The minimum atomic E-state index is -1.09. The van der Waals surface area contributed by atoms with E-state index >= 15 is 0 Å². The Morgan fingerprint density at radius 1 is 1.15 bits per heavy atom. The lowest BCUT2D eigenvalue weighted by Crippen LogP contribution is -2.46. The molecule has 0 atom stereocenters. The summed E-state index contributed by atoms with van der Waals surface area (Å²) in [6, 6.07) is 0. The Kier molecular flexibility index (Phi) is 1.87. The van der Waals surface area contributed by atoms with E-state index in [-0.39, 0.29) is 11.5 Å². The van der Waals surface area contributed by atoms with Gasteiger partial charge in [-0.25, -0.2) is 0 Å². The zero-order chi connectivity index (χ0) is 10.4. The molecule has 0 saturated carbocycles. The van der Waals surface area contributed by atoms with E-state index in [2.05, 4.69) is 0 Å². The van der Waals surface area contributed by atoms with E-state index in [0.29, 0.717) is 0 Å². The average Bonchev–Trinajstić information content (AvgIpc) is 1.98. The van der Waals surface area contributed by atoms with Crippen LogP contribution in [0.3, 0.4) is 0 Å². The van der Waals surface area contributed by atoms with E-state index in [1.54, 1.807) is 27.7 Å². The molecule has 0 spiro atoms. The second kappa shape index (κ2) is 2.44. The highest BCUT2D eigenvalue weighted by Crippen LogP contribution is 2.37. The Balaban J connectivity index is 3.32. The molecule has 0 amide bonds. The molecular formula is C10H14O3. The predicted molar refractivity (Wildman–Crippen MR) is 48.3 cm³/mol. The van der Waals surface area contributed by atoms with E-state index < -0.39 is 16.6 Å². The topological polar surface area (TPSA) is 54.4 Å². The van der Waals surface area contributed by atoms with Crippen LogP contribution in [0.15, 0.2) is 11.8 Å². The summed E-state index contributed by atoms with van der Waals surface area (Å²) in [7, 11) is 0. The SMILES string of the molecule is CC1(C)C=C(O)C(=O)C(C)(C)C1=O. The first-order chi connectivity index (χ1) is 5.69. The summed E-state index contributed by atoms with van der Waals surface area (Å²) in [6.45, 7) is 6.48. The number of aliphatic hydroxyl groups is 1. The van der Waals surface area contributed by atoms with E-state index in [0.717, 1.165) is 0 Å². The normalized spacial score (nSPS) is 25.7. The maximum atomic E-state index is 11.7. The first-order valence-corrected chi connectivity index (χ1v) is 4.21. The lowest BCUT2D eigenvalue weighted by Gasteiger charge is -2.34. The van der Waals surface area contributed by atoms with Gasteiger partial charge in [0.25, 0.3) is 0 Å². The first kappa shape index (κ1) is 9.96. The molecule has 13 heavy (non-hydrogen) atoms. The van der Waals surface area contributed by atoms with Gasteiger partial charge in [-0.1, -0.05) is 0 Å². The average molecular weight is 182 g/mol. The number of Topliss-reactive ketones (excluding diaryl/α,β-unsaturated/α-hetero) is 2. The quantitative estimate of drug-likeness (QED) is 0.579. The largest absolute Gasteiger partial charge is 0.505 e. The van der Waals surface area contributed by atoms with Gasteiger partial charge in [0.2, 0.25) is 5.78 Å². The lowest BCUT2D eigenvalue weighted by molar-refractivity contribution is -0.144. The Bertz CT molecular complexity index is 308. The molecule has 3 heteroatoms. The highest BCUT2D eigenvalue weighted by molar-refractivity contribution is 6.17. The number of allylic oxidation sites excluding steroid dienone is 2. The molecule has 1 aliphatic rings. The third-order valence-corrected chi connectivity index (χ3v) is 2.45. The van der Waals surface area contributed by atoms with Gasteiger partial charge in [0, 0.05) is 5.41 Å². The molecule has 3 nitrogen and oxygen atoms in total. The van der Waals surface area contributed by atoms with Crippen LogP contribution in [-0.2, 0) is 9.59 Å². The summed E-state index contributed by atoms with van der Waals surface area (Å²) in [5, 5.41) is 9.33. The Hall–Kier alpha value is -1.12. The Morgan fingerprint density at radius 2 is 1.62 bits per heavy atom. The maximum absolute atomic E-state index is 11.7. The van der Waals surface area contributed by atoms with Crippen LogP contribution < -0.4 is 0 Å². The highest BCUT2D eigenvalue weighted by Gasteiger charge is 2.48. The fourth-order valence-electron chi connectivity index (χ4n) is 1.70. The van der Waals surface area contributed by atoms with Crippen molar-refractivity contribution in [3.05, 3.63) is 11.8 Å². The minimum Gasteiger partial charge on any atom is -0.505 e. The number of hydrogen-bond acceptors (Lipinski definition) is 3. The molecule has 0 bridgehead atoms. The molecule has 1 rings (SSSR count). The molecule has 0 fully saturated rings. The first-order valence-electron chi connectivity index (χ1n) is 4.21. The zero-order valence-corrected chi connectivity index (χ0v) is 8.34. The van der Waals surface area contributed by atoms with Gasteiger partial charge in [-0.3, -0.25) is 9.59 Å². The fraction of sp³-hybridized carbons (Fsp3) is 0.600. The summed E-state index contributed by atoms with van der Waals surface area (Å²) in [5.41, 5.74) is -1.84. The van der Waals surface area contributed by atoms with E-state index in [9.17, 15) is 14.7 Å². The second-order valence-corrected chi connectivity index (χ2v) is 4.53. The van der Waals surface area contributed by atoms with Crippen molar-refractivity contribution < 1.29 is 14.7 Å².